The van der Waals surface area contributed by atoms with Gasteiger partial charge in [0.05, 0.1) is 13.3 Å². The number of carbonyl (C=O) groups excluding carboxylic acids is 1. The van der Waals surface area contributed by atoms with Gasteiger partial charge < -0.3 is 4.74 Å². The van der Waals surface area contributed by atoms with E-state index in [2.05, 4.69) is 10.00 Å². The third kappa shape index (κ3) is 2.81. The largest absolute Gasteiger partial charge is 0.468 e. The first-order valence-electron chi connectivity index (χ1n) is 6.86. The van der Waals surface area contributed by atoms with E-state index in [9.17, 15) is 4.79 Å². The lowest BCUT2D eigenvalue weighted by atomic mass is 9.80. The van der Waals surface area contributed by atoms with Crippen LogP contribution < -0.4 is 0 Å². The molecule has 5 heteroatoms. The van der Waals surface area contributed by atoms with E-state index in [1.165, 1.54) is 13.5 Å². The van der Waals surface area contributed by atoms with Crippen molar-refractivity contribution < 1.29 is 9.53 Å². The van der Waals surface area contributed by atoms with Gasteiger partial charge in [-0.1, -0.05) is 19.3 Å². The van der Waals surface area contributed by atoms with E-state index in [-0.39, 0.29) is 5.97 Å². The average molecular weight is 265 g/mol. The first kappa shape index (κ1) is 14.1. The number of ether oxygens (including phenoxy) is 1. The molecule has 1 fully saturated rings. The molecule has 0 aromatic carbocycles. The van der Waals surface area contributed by atoms with Crippen molar-refractivity contribution in [1.29, 1.82) is 0 Å². The molecule has 0 spiro atoms. The van der Waals surface area contributed by atoms with E-state index in [4.69, 9.17) is 4.74 Å². The van der Waals surface area contributed by atoms with Crippen molar-refractivity contribution in [3.8, 4) is 0 Å². The van der Waals surface area contributed by atoms with Gasteiger partial charge in [0, 0.05) is 25.4 Å². The van der Waals surface area contributed by atoms with E-state index in [0.29, 0.717) is 0 Å². The highest BCUT2D eigenvalue weighted by Gasteiger charge is 2.44. The van der Waals surface area contributed by atoms with Crippen molar-refractivity contribution in [2.75, 3.05) is 14.2 Å². The van der Waals surface area contributed by atoms with E-state index in [1.807, 2.05) is 26.5 Å². The van der Waals surface area contributed by atoms with Crippen molar-refractivity contribution in [2.24, 2.45) is 7.05 Å². The van der Waals surface area contributed by atoms with Crippen LogP contribution in [0, 0.1) is 0 Å². The molecule has 0 radical (unpaired) electrons. The Morgan fingerprint density at radius 3 is 2.68 bits per heavy atom. The number of nitrogens with zero attached hydrogens (tertiary/aromatic N) is 3. The quantitative estimate of drug-likeness (QED) is 0.778. The highest BCUT2D eigenvalue weighted by molar-refractivity contribution is 5.80. The Bertz CT molecular complexity index is 436. The maximum absolute atomic E-state index is 12.2. The predicted octanol–water partition coefficient (Wildman–Crippen LogP) is 1.73. The van der Waals surface area contributed by atoms with Gasteiger partial charge in [-0.05, 0) is 19.9 Å². The standard InChI is InChI=1S/C14H23N3O2/c1-16(10-12-9-15-17(2)11-12)14(13(18)19-3)7-5-4-6-8-14/h9,11H,4-8,10H2,1-3H3. The number of esters is 1. The van der Waals surface area contributed by atoms with Crippen LogP contribution in [-0.4, -0.2) is 40.3 Å². The number of carbonyl (C=O) groups is 1. The number of aryl methyl sites for hydroxylation is 1. The topological polar surface area (TPSA) is 47.4 Å². The molecule has 0 atom stereocenters. The molecule has 5 nitrogen and oxygen atoms in total. The Balaban J connectivity index is 2.15. The lowest BCUT2D eigenvalue weighted by Crippen LogP contribution is -2.54. The summed E-state index contributed by atoms with van der Waals surface area (Å²) in [4.78, 5) is 14.4. The molecule has 1 saturated carbocycles. The Labute approximate surface area is 114 Å². The van der Waals surface area contributed by atoms with Gasteiger partial charge >= 0.3 is 5.97 Å². The third-order valence-corrected chi connectivity index (χ3v) is 4.15. The van der Waals surface area contributed by atoms with E-state index < -0.39 is 5.54 Å². The fourth-order valence-corrected chi connectivity index (χ4v) is 3.05. The molecule has 1 aromatic heterocycles. The van der Waals surface area contributed by atoms with Crippen LogP contribution in [0.15, 0.2) is 12.4 Å². The van der Waals surface area contributed by atoms with Crippen LogP contribution in [0.3, 0.4) is 0 Å². The highest BCUT2D eigenvalue weighted by Crippen LogP contribution is 2.34. The van der Waals surface area contributed by atoms with Gasteiger partial charge in [-0.25, -0.2) is 0 Å². The van der Waals surface area contributed by atoms with Gasteiger partial charge in [0.1, 0.15) is 5.54 Å². The zero-order chi connectivity index (χ0) is 13.9. The van der Waals surface area contributed by atoms with Crippen molar-refractivity contribution >= 4 is 5.97 Å². The summed E-state index contributed by atoms with van der Waals surface area (Å²) in [7, 11) is 5.39. The zero-order valence-electron chi connectivity index (χ0n) is 12.1. The smallest absolute Gasteiger partial charge is 0.326 e. The summed E-state index contributed by atoms with van der Waals surface area (Å²) in [5.41, 5.74) is 0.668. The molecule has 106 valence electrons. The maximum Gasteiger partial charge on any atom is 0.326 e. The van der Waals surface area contributed by atoms with Crippen molar-refractivity contribution in [3.05, 3.63) is 18.0 Å². The molecule has 2 rings (SSSR count). The summed E-state index contributed by atoms with van der Waals surface area (Å²) < 4.78 is 6.84. The van der Waals surface area contributed by atoms with Crippen LogP contribution in [0.5, 0.6) is 0 Å². The molecule has 1 aromatic rings. The minimum absolute atomic E-state index is 0.0985. The molecule has 0 bridgehead atoms. The van der Waals surface area contributed by atoms with Crippen LogP contribution in [0.2, 0.25) is 0 Å². The third-order valence-electron chi connectivity index (χ3n) is 4.15. The number of rotatable bonds is 4. The fraction of sp³-hybridized carbons (Fsp3) is 0.714. The van der Waals surface area contributed by atoms with Gasteiger partial charge in [0.25, 0.3) is 0 Å². The Morgan fingerprint density at radius 1 is 1.47 bits per heavy atom. The number of likely N-dealkylation sites (N-methyl/N-ethyl adjacent to an activating group) is 1. The number of hydrogen-bond acceptors (Lipinski definition) is 4. The minimum atomic E-state index is -0.456. The summed E-state index contributed by atoms with van der Waals surface area (Å²) in [6.07, 6.45) is 9.00. The summed E-state index contributed by atoms with van der Waals surface area (Å²) in [5, 5.41) is 4.18. The molecule has 0 N–H and O–H groups in total. The average Bonchev–Trinajstić information content (AvgIpc) is 2.83. The van der Waals surface area contributed by atoms with E-state index in [0.717, 1.165) is 37.8 Å². The van der Waals surface area contributed by atoms with Gasteiger partial charge in [-0.15, -0.1) is 0 Å². The van der Waals surface area contributed by atoms with Crippen molar-refractivity contribution in [1.82, 2.24) is 14.7 Å². The SMILES string of the molecule is COC(=O)C1(N(C)Cc2cnn(C)c2)CCCCC1. The van der Waals surface area contributed by atoms with Gasteiger partial charge in [0.2, 0.25) is 0 Å². The van der Waals surface area contributed by atoms with Gasteiger partial charge in [0.15, 0.2) is 0 Å². The van der Waals surface area contributed by atoms with Crippen molar-refractivity contribution in [3.63, 3.8) is 0 Å². The second-order valence-electron chi connectivity index (χ2n) is 5.46. The van der Waals surface area contributed by atoms with Crippen LogP contribution in [0.25, 0.3) is 0 Å². The fourth-order valence-electron chi connectivity index (χ4n) is 3.05. The van der Waals surface area contributed by atoms with Gasteiger partial charge in [-0.3, -0.25) is 14.4 Å². The lowest BCUT2D eigenvalue weighted by Gasteiger charge is -2.41. The van der Waals surface area contributed by atoms with Crippen LogP contribution >= 0.6 is 0 Å². The summed E-state index contributed by atoms with van der Waals surface area (Å²) in [5.74, 6) is -0.0985. The molecular weight excluding hydrogens is 242 g/mol. The molecule has 1 aliphatic rings. The Kier molecular flexibility index (Phi) is 4.24. The normalized spacial score (nSPS) is 18.5. The monoisotopic (exact) mass is 265 g/mol. The predicted molar refractivity (Wildman–Crippen MR) is 72.5 cm³/mol. The molecule has 1 heterocycles. The van der Waals surface area contributed by atoms with E-state index in [1.54, 1.807) is 4.68 Å². The molecule has 0 saturated heterocycles. The summed E-state index contributed by atoms with van der Waals surface area (Å²) in [6.45, 7) is 0.725. The zero-order valence-corrected chi connectivity index (χ0v) is 12.1. The van der Waals surface area contributed by atoms with Crippen LogP contribution in [0.4, 0.5) is 0 Å². The number of methoxy groups -OCH3 is 1. The molecule has 1 aliphatic carbocycles. The minimum Gasteiger partial charge on any atom is -0.468 e. The first-order valence-corrected chi connectivity index (χ1v) is 6.86. The second-order valence-corrected chi connectivity index (χ2v) is 5.46. The number of hydrogen-bond donors (Lipinski definition) is 0. The molecule has 0 amide bonds. The summed E-state index contributed by atoms with van der Waals surface area (Å²) in [6, 6.07) is 0. The van der Waals surface area contributed by atoms with Crippen LogP contribution in [-0.2, 0) is 23.1 Å². The highest BCUT2D eigenvalue weighted by atomic mass is 16.5. The van der Waals surface area contributed by atoms with Crippen molar-refractivity contribution in [2.45, 2.75) is 44.2 Å². The molecule has 0 unspecified atom stereocenters. The second kappa shape index (κ2) is 5.74. The van der Waals surface area contributed by atoms with Gasteiger partial charge in [-0.2, -0.15) is 5.10 Å². The Hall–Kier alpha value is -1.36. The maximum atomic E-state index is 12.2. The summed E-state index contributed by atoms with van der Waals surface area (Å²) >= 11 is 0. The Morgan fingerprint density at radius 2 is 2.16 bits per heavy atom. The lowest BCUT2D eigenvalue weighted by molar-refractivity contribution is -0.157. The first-order chi connectivity index (χ1) is 9.08. The molecular formula is C14H23N3O2. The molecule has 19 heavy (non-hydrogen) atoms. The molecule has 0 aliphatic heterocycles. The number of aromatic nitrogens is 2. The van der Waals surface area contributed by atoms with Crippen LogP contribution in [0.1, 0.15) is 37.7 Å². The van der Waals surface area contributed by atoms with E-state index >= 15 is 0 Å².